The van der Waals surface area contributed by atoms with Gasteiger partial charge in [-0.25, -0.2) is 0 Å². The van der Waals surface area contributed by atoms with E-state index in [1.165, 1.54) is 12.0 Å². The molecule has 8 heteroatoms. The van der Waals surface area contributed by atoms with Gasteiger partial charge in [-0.2, -0.15) is 0 Å². The molecule has 34 heavy (non-hydrogen) atoms. The van der Waals surface area contributed by atoms with Crippen molar-refractivity contribution in [3.63, 3.8) is 0 Å². The van der Waals surface area contributed by atoms with E-state index in [1.807, 2.05) is 49.3 Å². The predicted molar refractivity (Wildman–Crippen MR) is 131 cm³/mol. The fourth-order valence-corrected chi connectivity index (χ4v) is 4.20. The Morgan fingerprint density at radius 3 is 2.50 bits per heavy atom. The van der Waals surface area contributed by atoms with Crippen molar-refractivity contribution in [2.24, 2.45) is 0 Å². The topological polar surface area (TPSA) is 83.0 Å². The van der Waals surface area contributed by atoms with E-state index in [0.29, 0.717) is 11.3 Å². The summed E-state index contributed by atoms with van der Waals surface area (Å²) in [7, 11) is 5.34. The first kappa shape index (κ1) is 23.3. The number of pyridine rings is 1. The highest BCUT2D eigenvalue weighted by Gasteiger charge is 2.46. The number of amides is 1. The van der Waals surface area contributed by atoms with Crippen molar-refractivity contribution in [1.29, 1.82) is 0 Å². The normalized spacial score (nSPS) is 17.2. The molecule has 1 aliphatic rings. The maximum Gasteiger partial charge on any atom is 0.295 e. The fourth-order valence-electron chi connectivity index (χ4n) is 3.99. The molecule has 1 N–H and O–H groups in total. The molecular formula is C26H24ClN3O4. The van der Waals surface area contributed by atoms with E-state index in [-0.39, 0.29) is 28.5 Å². The molecule has 4 rings (SSSR count). The van der Waals surface area contributed by atoms with Gasteiger partial charge in [-0.05, 0) is 47.5 Å². The van der Waals surface area contributed by atoms with Gasteiger partial charge in [0, 0.05) is 44.3 Å². The lowest BCUT2D eigenvalue weighted by molar-refractivity contribution is -0.140. The molecule has 1 unspecified atom stereocenters. The molecule has 2 aromatic carbocycles. The predicted octanol–water partition coefficient (Wildman–Crippen LogP) is 4.43. The number of nitrogens with zero attached hydrogens (tertiary/aromatic N) is 3. The smallest absolute Gasteiger partial charge is 0.295 e. The van der Waals surface area contributed by atoms with Crippen LogP contribution in [0.4, 0.5) is 5.69 Å². The Morgan fingerprint density at radius 2 is 1.88 bits per heavy atom. The van der Waals surface area contributed by atoms with Crippen LogP contribution in [-0.2, 0) is 16.1 Å². The monoisotopic (exact) mass is 477 g/mol. The minimum absolute atomic E-state index is 0.0263. The van der Waals surface area contributed by atoms with Gasteiger partial charge in [0.15, 0.2) is 0 Å². The summed E-state index contributed by atoms with van der Waals surface area (Å²) < 4.78 is 5.25. The summed E-state index contributed by atoms with van der Waals surface area (Å²) in [6.45, 7) is 0.154. The third-order valence-corrected chi connectivity index (χ3v) is 6.10. The lowest BCUT2D eigenvalue weighted by Crippen LogP contribution is -2.29. The van der Waals surface area contributed by atoms with E-state index in [2.05, 4.69) is 4.98 Å². The fraction of sp³-hybridized carbons (Fsp3) is 0.192. The summed E-state index contributed by atoms with van der Waals surface area (Å²) >= 11 is 6.35. The Bertz CT molecular complexity index is 1260. The van der Waals surface area contributed by atoms with Crippen molar-refractivity contribution in [1.82, 2.24) is 9.88 Å². The van der Waals surface area contributed by atoms with Crippen molar-refractivity contribution in [2.75, 3.05) is 26.1 Å². The van der Waals surface area contributed by atoms with Crippen molar-refractivity contribution in [3.8, 4) is 5.75 Å². The number of benzene rings is 2. The number of hydrogen-bond donors (Lipinski definition) is 1. The Kier molecular flexibility index (Phi) is 6.56. The highest BCUT2D eigenvalue weighted by molar-refractivity contribution is 6.47. The summed E-state index contributed by atoms with van der Waals surface area (Å²) in [6, 6.07) is 15.1. The first-order chi connectivity index (χ1) is 16.3. The third kappa shape index (κ3) is 4.34. The molecule has 1 fully saturated rings. The second-order valence-corrected chi connectivity index (χ2v) is 8.53. The zero-order valence-corrected chi connectivity index (χ0v) is 19.8. The number of carbonyl (C=O) groups excluding carboxylic acids is 2. The summed E-state index contributed by atoms with van der Waals surface area (Å²) in [4.78, 5) is 33.9. The van der Waals surface area contributed by atoms with Crippen LogP contribution >= 0.6 is 11.6 Å². The van der Waals surface area contributed by atoms with Crippen LogP contribution in [0.15, 0.2) is 72.6 Å². The van der Waals surface area contributed by atoms with Gasteiger partial charge in [-0.3, -0.25) is 14.6 Å². The van der Waals surface area contributed by atoms with Gasteiger partial charge < -0.3 is 19.6 Å². The van der Waals surface area contributed by atoms with Crippen molar-refractivity contribution < 1.29 is 19.4 Å². The SMILES string of the molecule is COc1ccc(Cl)c(/C(O)=C2\C(=O)C(=O)N(Cc3cccnc3)C2c2ccc(N(C)C)cc2)c1. The number of aliphatic hydroxyl groups is 1. The highest BCUT2D eigenvalue weighted by Crippen LogP contribution is 2.42. The van der Waals surface area contributed by atoms with Gasteiger partial charge in [0.25, 0.3) is 11.7 Å². The Balaban J connectivity index is 1.89. The zero-order chi connectivity index (χ0) is 24.4. The summed E-state index contributed by atoms with van der Waals surface area (Å²) in [6.07, 6.45) is 3.28. The number of ether oxygens (including phenoxy) is 1. The van der Waals surface area contributed by atoms with Gasteiger partial charge in [-0.1, -0.05) is 29.8 Å². The lowest BCUT2D eigenvalue weighted by atomic mass is 9.95. The summed E-state index contributed by atoms with van der Waals surface area (Å²) in [5.41, 5.74) is 2.61. The number of Topliss-reactive ketones (excluding diaryl/α,β-unsaturated/α-hetero) is 1. The van der Waals surface area contributed by atoms with Crippen LogP contribution in [0.5, 0.6) is 5.75 Å². The molecule has 1 atom stereocenters. The molecule has 1 aliphatic heterocycles. The molecule has 0 bridgehead atoms. The van der Waals surface area contributed by atoms with E-state index in [4.69, 9.17) is 16.3 Å². The van der Waals surface area contributed by atoms with Gasteiger partial charge in [-0.15, -0.1) is 0 Å². The summed E-state index contributed by atoms with van der Waals surface area (Å²) in [5, 5.41) is 11.5. The molecule has 7 nitrogen and oxygen atoms in total. The molecular weight excluding hydrogens is 454 g/mol. The Morgan fingerprint density at radius 1 is 1.15 bits per heavy atom. The quantitative estimate of drug-likeness (QED) is 0.321. The van der Waals surface area contributed by atoms with E-state index in [9.17, 15) is 14.7 Å². The average molecular weight is 478 g/mol. The highest BCUT2D eigenvalue weighted by atomic mass is 35.5. The maximum atomic E-state index is 13.2. The van der Waals surface area contributed by atoms with Crippen molar-refractivity contribution in [2.45, 2.75) is 12.6 Å². The molecule has 0 aliphatic carbocycles. The Labute approximate surface area is 202 Å². The number of likely N-dealkylation sites (tertiary alicyclic amines) is 1. The lowest BCUT2D eigenvalue weighted by Gasteiger charge is -2.26. The number of ketones is 1. The van der Waals surface area contributed by atoms with Crippen molar-refractivity contribution in [3.05, 3.63) is 94.3 Å². The number of carbonyl (C=O) groups is 2. The van der Waals surface area contributed by atoms with Gasteiger partial charge >= 0.3 is 0 Å². The maximum absolute atomic E-state index is 13.2. The number of halogens is 1. The minimum Gasteiger partial charge on any atom is -0.507 e. The molecule has 1 aromatic heterocycles. The Hall–Kier alpha value is -3.84. The van der Waals surface area contributed by atoms with Crippen LogP contribution in [0.25, 0.3) is 5.76 Å². The van der Waals surface area contributed by atoms with Crippen LogP contribution < -0.4 is 9.64 Å². The average Bonchev–Trinajstić information content (AvgIpc) is 3.09. The van der Waals surface area contributed by atoms with Gasteiger partial charge in [0.05, 0.1) is 23.7 Å². The zero-order valence-electron chi connectivity index (χ0n) is 19.0. The van der Waals surface area contributed by atoms with Gasteiger partial charge in [0.2, 0.25) is 0 Å². The number of aromatic nitrogens is 1. The molecule has 0 radical (unpaired) electrons. The molecule has 1 saturated heterocycles. The van der Waals surface area contributed by atoms with E-state index < -0.39 is 17.7 Å². The van der Waals surface area contributed by atoms with Crippen LogP contribution in [0.1, 0.15) is 22.7 Å². The molecule has 1 amide bonds. The number of hydrogen-bond acceptors (Lipinski definition) is 6. The van der Waals surface area contributed by atoms with E-state index >= 15 is 0 Å². The second kappa shape index (κ2) is 9.57. The van der Waals surface area contributed by atoms with Gasteiger partial charge in [0.1, 0.15) is 11.5 Å². The number of methoxy groups -OCH3 is 1. The molecule has 0 spiro atoms. The molecule has 2 heterocycles. The van der Waals surface area contributed by atoms with Crippen LogP contribution in [0.2, 0.25) is 5.02 Å². The number of rotatable bonds is 6. The standard InChI is InChI=1S/C26H24ClN3O4/c1-29(2)18-8-6-17(7-9-18)23-22(24(31)20-13-19(34-3)10-11-21(20)27)25(32)26(33)30(23)15-16-5-4-12-28-14-16/h4-14,23,31H,15H2,1-3H3/b24-22+. The second-order valence-electron chi connectivity index (χ2n) is 8.12. The van der Waals surface area contributed by atoms with Crippen LogP contribution in [-0.4, -0.2) is 47.9 Å². The minimum atomic E-state index is -0.807. The third-order valence-electron chi connectivity index (χ3n) is 5.77. The molecule has 3 aromatic rings. The molecule has 174 valence electrons. The van der Waals surface area contributed by atoms with Crippen LogP contribution in [0.3, 0.4) is 0 Å². The molecule has 0 saturated carbocycles. The largest absolute Gasteiger partial charge is 0.507 e. The number of anilines is 1. The summed E-state index contributed by atoms with van der Waals surface area (Å²) in [5.74, 6) is -1.37. The van der Waals surface area contributed by atoms with E-state index in [1.54, 1.807) is 36.7 Å². The number of aliphatic hydroxyl groups excluding tert-OH is 1. The first-order valence-electron chi connectivity index (χ1n) is 10.6. The van der Waals surface area contributed by atoms with Crippen LogP contribution in [0, 0.1) is 0 Å². The van der Waals surface area contributed by atoms with Crippen molar-refractivity contribution >= 4 is 34.7 Å². The first-order valence-corrected chi connectivity index (χ1v) is 11.0. The van der Waals surface area contributed by atoms with E-state index in [0.717, 1.165) is 11.3 Å².